The monoisotopic (exact) mass is 229 g/mol. The predicted molar refractivity (Wildman–Crippen MR) is 54.0 cm³/mol. The molecule has 0 bridgehead atoms. The normalized spacial score (nSPS) is 8.62. The van der Waals surface area contributed by atoms with Gasteiger partial charge in [0.05, 0.1) is 18.1 Å². The Morgan fingerprint density at radius 2 is 1.75 bits per heavy atom. The van der Waals surface area contributed by atoms with Crippen molar-refractivity contribution in [3.05, 3.63) is 34.4 Å². The SMILES string of the molecule is O=COc1ccc([N+](=O)[O-])cc1.OCCO. The average Bonchev–Trinajstić information content (AvgIpc) is 2.30. The fraction of sp³-hybridized carbons (Fsp3) is 0.222. The van der Waals surface area contributed by atoms with E-state index >= 15 is 0 Å². The van der Waals surface area contributed by atoms with Crippen LogP contribution in [0.2, 0.25) is 0 Å². The number of nitro benzene ring substituents is 1. The Labute approximate surface area is 91.0 Å². The Bertz CT molecular complexity index is 321. The molecule has 2 N–H and O–H groups in total. The lowest BCUT2D eigenvalue weighted by molar-refractivity contribution is -0.384. The zero-order valence-corrected chi connectivity index (χ0v) is 8.28. The third-order valence-corrected chi connectivity index (χ3v) is 1.33. The summed E-state index contributed by atoms with van der Waals surface area (Å²) in [7, 11) is 0. The lowest BCUT2D eigenvalue weighted by Gasteiger charge is -1.94. The summed E-state index contributed by atoms with van der Waals surface area (Å²) in [6.45, 7) is 0.0150. The van der Waals surface area contributed by atoms with Crippen LogP contribution >= 0.6 is 0 Å². The van der Waals surface area contributed by atoms with Gasteiger partial charge in [-0.15, -0.1) is 0 Å². The van der Waals surface area contributed by atoms with Crippen LogP contribution in [0.25, 0.3) is 0 Å². The van der Waals surface area contributed by atoms with E-state index in [1.54, 1.807) is 0 Å². The van der Waals surface area contributed by atoms with Crippen molar-refractivity contribution >= 4 is 12.2 Å². The van der Waals surface area contributed by atoms with Crippen LogP contribution in [-0.2, 0) is 4.79 Å². The number of ether oxygens (including phenoxy) is 1. The van der Waals surface area contributed by atoms with E-state index < -0.39 is 4.92 Å². The highest BCUT2D eigenvalue weighted by Crippen LogP contribution is 2.16. The van der Waals surface area contributed by atoms with E-state index in [0.29, 0.717) is 0 Å². The van der Waals surface area contributed by atoms with Crippen molar-refractivity contribution < 1.29 is 24.7 Å². The Balaban J connectivity index is 0.000000487. The molecular formula is C9H11NO6. The van der Waals surface area contributed by atoms with Gasteiger partial charge in [-0.25, -0.2) is 0 Å². The van der Waals surface area contributed by atoms with E-state index in [2.05, 4.69) is 4.74 Å². The van der Waals surface area contributed by atoms with Gasteiger partial charge in [-0.1, -0.05) is 0 Å². The maximum Gasteiger partial charge on any atom is 0.298 e. The minimum absolute atomic E-state index is 0.0340. The van der Waals surface area contributed by atoms with Crippen molar-refractivity contribution in [3.8, 4) is 5.75 Å². The topological polar surface area (TPSA) is 110 Å². The Hall–Kier alpha value is -1.99. The maximum atomic E-state index is 10.2. The highest BCUT2D eigenvalue weighted by molar-refractivity contribution is 5.46. The van der Waals surface area contributed by atoms with Gasteiger partial charge in [-0.3, -0.25) is 14.9 Å². The van der Waals surface area contributed by atoms with Crippen molar-refractivity contribution in [3.63, 3.8) is 0 Å². The average molecular weight is 229 g/mol. The highest BCUT2D eigenvalue weighted by Gasteiger charge is 2.03. The third-order valence-electron chi connectivity index (χ3n) is 1.33. The highest BCUT2D eigenvalue weighted by atomic mass is 16.6. The summed E-state index contributed by atoms with van der Waals surface area (Å²) in [5.74, 6) is 0.288. The second kappa shape index (κ2) is 8.33. The van der Waals surface area contributed by atoms with E-state index in [1.165, 1.54) is 24.3 Å². The molecule has 0 unspecified atom stereocenters. The molecule has 1 aromatic rings. The summed E-state index contributed by atoms with van der Waals surface area (Å²) in [5, 5.41) is 25.4. The molecule has 0 radical (unpaired) electrons. The standard InChI is InChI=1S/C7H5NO4.C2H6O2/c9-5-12-7-3-1-6(2-4-7)8(10)11;3-1-2-4/h1-5H;3-4H,1-2H2. The number of hydrogen-bond donors (Lipinski definition) is 2. The minimum atomic E-state index is -0.523. The van der Waals surface area contributed by atoms with E-state index in [-0.39, 0.29) is 31.1 Å². The van der Waals surface area contributed by atoms with Crippen LogP contribution < -0.4 is 4.74 Å². The number of nitro groups is 1. The predicted octanol–water partition coefficient (Wildman–Crippen LogP) is 0.101. The Morgan fingerprint density at radius 3 is 2.06 bits per heavy atom. The summed E-state index contributed by atoms with van der Waals surface area (Å²) in [4.78, 5) is 19.5. The van der Waals surface area contributed by atoms with E-state index in [1.807, 2.05) is 0 Å². The number of rotatable bonds is 4. The lowest BCUT2D eigenvalue weighted by atomic mass is 10.3. The molecule has 0 aliphatic heterocycles. The second-order valence-corrected chi connectivity index (χ2v) is 2.41. The fourth-order valence-electron chi connectivity index (χ4n) is 0.702. The van der Waals surface area contributed by atoms with Crippen LogP contribution in [-0.4, -0.2) is 34.8 Å². The van der Waals surface area contributed by atoms with Gasteiger partial charge >= 0.3 is 0 Å². The number of benzene rings is 1. The van der Waals surface area contributed by atoms with Crippen LogP contribution in [0.15, 0.2) is 24.3 Å². The number of nitrogens with zero attached hydrogens (tertiary/aromatic N) is 1. The number of carbonyl (C=O) groups is 1. The van der Waals surface area contributed by atoms with Crippen molar-refractivity contribution in [2.24, 2.45) is 0 Å². The van der Waals surface area contributed by atoms with E-state index in [0.717, 1.165) is 0 Å². The lowest BCUT2D eigenvalue weighted by Crippen LogP contribution is -1.90. The van der Waals surface area contributed by atoms with Gasteiger partial charge in [-0.05, 0) is 12.1 Å². The quantitative estimate of drug-likeness (QED) is 0.430. The summed E-state index contributed by atoms with van der Waals surface area (Å²) in [5.41, 5.74) is -0.0340. The molecule has 0 fully saturated rings. The number of aliphatic hydroxyl groups is 2. The van der Waals surface area contributed by atoms with Crippen LogP contribution in [0.1, 0.15) is 0 Å². The molecule has 0 aliphatic carbocycles. The fourth-order valence-corrected chi connectivity index (χ4v) is 0.702. The Morgan fingerprint density at radius 1 is 1.25 bits per heavy atom. The van der Waals surface area contributed by atoms with Gasteiger partial charge in [0.25, 0.3) is 12.2 Å². The molecule has 16 heavy (non-hydrogen) atoms. The first-order chi connectivity index (χ1) is 7.65. The molecule has 0 amide bonds. The molecule has 1 aromatic carbocycles. The first kappa shape index (κ1) is 14.0. The zero-order chi connectivity index (χ0) is 12.4. The smallest absolute Gasteiger partial charge is 0.298 e. The first-order valence-corrected chi connectivity index (χ1v) is 4.22. The largest absolute Gasteiger partial charge is 0.429 e. The van der Waals surface area contributed by atoms with Gasteiger partial charge in [0.1, 0.15) is 5.75 Å². The molecule has 0 atom stereocenters. The second-order valence-electron chi connectivity index (χ2n) is 2.41. The van der Waals surface area contributed by atoms with Crippen LogP contribution in [0.3, 0.4) is 0 Å². The molecule has 0 saturated carbocycles. The summed E-state index contributed by atoms with van der Waals surface area (Å²) < 4.78 is 4.44. The maximum absolute atomic E-state index is 10.2. The number of non-ortho nitro benzene ring substituents is 1. The van der Waals surface area contributed by atoms with Gasteiger partial charge in [0, 0.05) is 12.1 Å². The molecule has 0 saturated heterocycles. The molecule has 0 heterocycles. The van der Waals surface area contributed by atoms with Gasteiger partial charge in [0.15, 0.2) is 0 Å². The molecule has 1 rings (SSSR count). The zero-order valence-electron chi connectivity index (χ0n) is 8.28. The van der Waals surface area contributed by atoms with Gasteiger partial charge < -0.3 is 14.9 Å². The Kier molecular flexibility index (Phi) is 7.29. The van der Waals surface area contributed by atoms with Gasteiger partial charge in [-0.2, -0.15) is 0 Å². The molecule has 7 nitrogen and oxygen atoms in total. The van der Waals surface area contributed by atoms with Crippen LogP contribution in [0.4, 0.5) is 5.69 Å². The van der Waals surface area contributed by atoms with Crippen molar-refractivity contribution in [2.75, 3.05) is 13.2 Å². The molecule has 0 aliphatic rings. The molecular weight excluding hydrogens is 218 g/mol. The van der Waals surface area contributed by atoms with Gasteiger partial charge in [0.2, 0.25) is 0 Å². The van der Waals surface area contributed by atoms with Crippen molar-refractivity contribution in [1.82, 2.24) is 0 Å². The number of hydrogen-bond acceptors (Lipinski definition) is 6. The molecule has 7 heteroatoms. The summed E-state index contributed by atoms with van der Waals surface area (Å²) in [6.07, 6.45) is 0. The first-order valence-electron chi connectivity index (χ1n) is 4.22. The molecule has 0 aromatic heterocycles. The summed E-state index contributed by atoms with van der Waals surface area (Å²) >= 11 is 0. The van der Waals surface area contributed by atoms with Crippen LogP contribution in [0.5, 0.6) is 5.75 Å². The van der Waals surface area contributed by atoms with Crippen molar-refractivity contribution in [2.45, 2.75) is 0 Å². The summed E-state index contributed by atoms with van der Waals surface area (Å²) in [6, 6.07) is 5.23. The van der Waals surface area contributed by atoms with Crippen molar-refractivity contribution in [1.29, 1.82) is 0 Å². The minimum Gasteiger partial charge on any atom is -0.429 e. The third kappa shape index (κ3) is 5.68. The molecule has 0 spiro atoms. The van der Waals surface area contributed by atoms with Crippen LogP contribution in [0, 0.1) is 10.1 Å². The number of carbonyl (C=O) groups excluding carboxylic acids is 1. The molecule has 88 valence electrons. The van der Waals surface area contributed by atoms with E-state index in [4.69, 9.17) is 10.2 Å². The van der Waals surface area contributed by atoms with E-state index in [9.17, 15) is 14.9 Å². The number of aliphatic hydroxyl groups excluding tert-OH is 2.